The molecule has 0 radical (unpaired) electrons. The molecule has 0 aliphatic carbocycles. The molecule has 2 rings (SSSR count). The Bertz CT molecular complexity index is 391. The quantitative estimate of drug-likeness (QED) is 0.833. The lowest BCUT2D eigenvalue weighted by Gasteiger charge is -2.16. The van der Waals surface area contributed by atoms with Gasteiger partial charge in [0, 0.05) is 19.3 Å². The first-order chi connectivity index (χ1) is 9.65. The summed E-state index contributed by atoms with van der Waals surface area (Å²) in [5.41, 5.74) is 1.06. The van der Waals surface area contributed by atoms with E-state index in [1.807, 2.05) is 12.1 Å². The monoisotopic (exact) mass is 285 g/mol. The third-order valence-electron chi connectivity index (χ3n) is 3.63. The first kappa shape index (κ1) is 15.2. The van der Waals surface area contributed by atoms with Crippen LogP contribution in [0.1, 0.15) is 31.4 Å². The summed E-state index contributed by atoms with van der Waals surface area (Å²) in [7, 11) is 0. The van der Waals surface area contributed by atoms with Crippen LogP contribution >= 0.6 is 0 Å². The molecule has 0 aromatic heterocycles. The fraction of sp³-hybridized carbons (Fsp3) is 0.600. The van der Waals surface area contributed by atoms with E-state index in [9.17, 15) is 8.78 Å². The van der Waals surface area contributed by atoms with E-state index in [0.717, 1.165) is 38.2 Å². The van der Waals surface area contributed by atoms with E-state index >= 15 is 0 Å². The zero-order valence-corrected chi connectivity index (χ0v) is 11.6. The van der Waals surface area contributed by atoms with Gasteiger partial charge in [-0.15, -0.1) is 0 Å². The van der Waals surface area contributed by atoms with Crippen molar-refractivity contribution in [3.8, 4) is 5.75 Å². The van der Waals surface area contributed by atoms with Gasteiger partial charge in [-0.1, -0.05) is 12.1 Å². The highest BCUT2D eigenvalue weighted by molar-refractivity contribution is 5.28. The molecule has 1 heterocycles. The van der Waals surface area contributed by atoms with E-state index in [4.69, 9.17) is 4.74 Å². The molecule has 1 saturated heterocycles. The molecule has 3 nitrogen and oxygen atoms in total. The Morgan fingerprint density at radius 2 is 2.10 bits per heavy atom. The molecule has 0 spiro atoms. The second-order valence-corrected chi connectivity index (χ2v) is 5.14. The zero-order chi connectivity index (χ0) is 14.4. The molecule has 1 fully saturated rings. The maximum Gasteiger partial charge on any atom is 0.387 e. The average molecular weight is 285 g/mol. The summed E-state index contributed by atoms with van der Waals surface area (Å²) >= 11 is 0. The molecule has 2 unspecified atom stereocenters. The third-order valence-corrected chi connectivity index (χ3v) is 3.63. The second-order valence-electron chi connectivity index (χ2n) is 5.14. The molecule has 5 heteroatoms. The topological polar surface area (TPSA) is 30.5 Å². The summed E-state index contributed by atoms with van der Waals surface area (Å²) in [6.45, 7) is 1.98. The largest absolute Gasteiger partial charge is 0.435 e. The fourth-order valence-electron chi connectivity index (χ4n) is 2.37. The van der Waals surface area contributed by atoms with E-state index in [0.29, 0.717) is 5.92 Å². The van der Waals surface area contributed by atoms with Gasteiger partial charge in [-0.3, -0.25) is 0 Å². The molecule has 0 saturated carbocycles. The van der Waals surface area contributed by atoms with Gasteiger partial charge in [-0.25, -0.2) is 0 Å². The van der Waals surface area contributed by atoms with Gasteiger partial charge in [0.1, 0.15) is 5.75 Å². The summed E-state index contributed by atoms with van der Waals surface area (Å²) < 4.78 is 33.8. The SMILES string of the molecule is CC(NCCC1CCOC1)c1ccc(OC(F)F)cc1. The van der Waals surface area contributed by atoms with Crippen LogP contribution in [0.4, 0.5) is 8.78 Å². The molecule has 2 atom stereocenters. The Hall–Kier alpha value is -1.20. The van der Waals surface area contributed by atoms with Gasteiger partial charge < -0.3 is 14.8 Å². The second kappa shape index (κ2) is 7.55. The van der Waals surface area contributed by atoms with E-state index in [1.165, 1.54) is 0 Å². The minimum Gasteiger partial charge on any atom is -0.435 e. The Morgan fingerprint density at radius 1 is 1.35 bits per heavy atom. The van der Waals surface area contributed by atoms with Crippen molar-refractivity contribution in [3.63, 3.8) is 0 Å². The first-order valence-corrected chi connectivity index (χ1v) is 7.01. The molecule has 1 aromatic carbocycles. The molecule has 0 bridgehead atoms. The average Bonchev–Trinajstić information content (AvgIpc) is 2.92. The van der Waals surface area contributed by atoms with Crippen LogP contribution in [-0.2, 0) is 4.74 Å². The van der Waals surface area contributed by atoms with Crippen molar-refractivity contribution >= 4 is 0 Å². The Balaban J connectivity index is 1.75. The van der Waals surface area contributed by atoms with E-state index < -0.39 is 6.61 Å². The number of alkyl halides is 2. The maximum atomic E-state index is 12.0. The molecular weight excluding hydrogens is 264 g/mol. The lowest BCUT2D eigenvalue weighted by atomic mass is 10.0. The minimum absolute atomic E-state index is 0.193. The third kappa shape index (κ3) is 4.72. The van der Waals surface area contributed by atoms with Crippen LogP contribution in [0.2, 0.25) is 0 Å². The molecule has 1 aromatic rings. The predicted molar refractivity (Wildman–Crippen MR) is 73.0 cm³/mol. The molecule has 20 heavy (non-hydrogen) atoms. The lowest BCUT2D eigenvalue weighted by Crippen LogP contribution is -2.22. The molecule has 0 amide bonds. The first-order valence-electron chi connectivity index (χ1n) is 7.01. The Labute approximate surface area is 118 Å². The highest BCUT2D eigenvalue weighted by Crippen LogP contribution is 2.20. The number of benzene rings is 1. The van der Waals surface area contributed by atoms with Crippen molar-refractivity contribution in [2.75, 3.05) is 19.8 Å². The number of nitrogens with one attached hydrogen (secondary N) is 1. The summed E-state index contributed by atoms with van der Waals surface area (Å²) in [6.07, 6.45) is 2.26. The van der Waals surface area contributed by atoms with Crippen molar-refractivity contribution in [3.05, 3.63) is 29.8 Å². The van der Waals surface area contributed by atoms with Crippen molar-refractivity contribution in [2.45, 2.75) is 32.4 Å². The standard InChI is InChI=1S/C15H21F2NO2/c1-11(18-8-6-12-7-9-19-10-12)13-2-4-14(5-3-13)20-15(16)17/h2-5,11-12,15,18H,6-10H2,1H3. The van der Waals surface area contributed by atoms with Crippen molar-refractivity contribution in [1.29, 1.82) is 0 Å². The normalized spacial score (nSPS) is 20.3. The van der Waals surface area contributed by atoms with Gasteiger partial charge in [0.25, 0.3) is 0 Å². The van der Waals surface area contributed by atoms with E-state index in [-0.39, 0.29) is 11.8 Å². The summed E-state index contributed by atoms with van der Waals surface area (Å²) in [5, 5.41) is 3.44. The zero-order valence-electron chi connectivity index (χ0n) is 11.6. The summed E-state index contributed by atoms with van der Waals surface area (Å²) in [4.78, 5) is 0. The molecule has 1 aliphatic rings. The summed E-state index contributed by atoms with van der Waals surface area (Å²) in [6, 6.07) is 6.97. The highest BCUT2D eigenvalue weighted by Gasteiger charge is 2.15. The van der Waals surface area contributed by atoms with Crippen LogP contribution in [0.25, 0.3) is 0 Å². The van der Waals surface area contributed by atoms with Gasteiger partial charge in [-0.05, 0) is 49.9 Å². The van der Waals surface area contributed by atoms with Crippen LogP contribution in [0, 0.1) is 5.92 Å². The van der Waals surface area contributed by atoms with Crippen LogP contribution in [0.3, 0.4) is 0 Å². The molecular formula is C15H21F2NO2. The van der Waals surface area contributed by atoms with Crippen molar-refractivity contribution in [1.82, 2.24) is 5.32 Å². The Morgan fingerprint density at radius 3 is 2.70 bits per heavy atom. The predicted octanol–water partition coefficient (Wildman–Crippen LogP) is 3.37. The van der Waals surface area contributed by atoms with Crippen LogP contribution in [-0.4, -0.2) is 26.4 Å². The smallest absolute Gasteiger partial charge is 0.387 e. The van der Waals surface area contributed by atoms with Crippen molar-refractivity contribution in [2.24, 2.45) is 5.92 Å². The fourth-order valence-corrected chi connectivity index (χ4v) is 2.37. The highest BCUT2D eigenvalue weighted by atomic mass is 19.3. The van der Waals surface area contributed by atoms with E-state index in [2.05, 4.69) is 17.0 Å². The number of halogens is 2. The van der Waals surface area contributed by atoms with Crippen LogP contribution in [0.5, 0.6) is 5.75 Å². The molecule has 1 N–H and O–H groups in total. The van der Waals surface area contributed by atoms with Gasteiger partial charge >= 0.3 is 6.61 Å². The van der Waals surface area contributed by atoms with Gasteiger partial charge in [0.05, 0.1) is 0 Å². The summed E-state index contributed by atoms with van der Waals surface area (Å²) in [5.74, 6) is 0.857. The number of rotatable bonds is 7. The Kier molecular flexibility index (Phi) is 5.73. The van der Waals surface area contributed by atoms with Crippen molar-refractivity contribution < 1.29 is 18.3 Å². The number of hydrogen-bond acceptors (Lipinski definition) is 3. The number of ether oxygens (including phenoxy) is 2. The van der Waals surface area contributed by atoms with Gasteiger partial charge in [0.2, 0.25) is 0 Å². The van der Waals surface area contributed by atoms with E-state index in [1.54, 1.807) is 12.1 Å². The van der Waals surface area contributed by atoms with Crippen LogP contribution in [0.15, 0.2) is 24.3 Å². The maximum absolute atomic E-state index is 12.0. The molecule has 112 valence electrons. The van der Waals surface area contributed by atoms with Crippen LogP contribution < -0.4 is 10.1 Å². The lowest BCUT2D eigenvalue weighted by molar-refractivity contribution is -0.0498. The van der Waals surface area contributed by atoms with Gasteiger partial charge in [-0.2, -0.15) is 8.78 Å². The van der Waals surface area contributed by atoms with Gasteiger partial charge in [0.15, 0.2) is 0 Å². The molecule has 1 aliphatic heterocycles. The minimum atomic E-state index is -2.77. The number of hydrogen-bond donors (Lipinski definition) is 1.